The predicted octanol–water partition coefficient (Wildman–Crippen LogP) is 7.14. The molecule has 0 aliphatic rings. The summed E-state index contributed by atoms with van der Waals surface area (Å²) in [5, 5.41) is 3.93. The van der Waals surface area contributed by atoms with Gasteiger partial charge in [0.15, 0.2) is 11.5 Å². The molecule has 3 rings (SSSR count). The maximum Gasteiger partial charge on any atom is 0.243 e. The van der Waals surface area contributed by atoms with Crippen molar-refractivity contribution in [3.8, 4) is 11.5 Å². The zero-order chi connectivity index (χ0) is 29.8. The van der Waals surface area contributed by atoms with Crippen LogP contribution in [0.15, 0.2) is 66.7 Å². The van der Waals surface area contributed by atoms with Crippen molar-refractivity contribution in [1.82, 2.24) is 10.2 Å². The third-order valence-corrected chi connectivity index (χ3v) is 7.29. The Morgan fingerprint density at radius 3 is 2.15 bits per heavy atom. The summed E-state index contributed by atoms with van der Waals surface area (Å²) in [6.45, 7) is 9.55. The van der Waals surface area contributed by atoms with Crippen LogP contribution >= 0.6 is 23.2 Å². The van der Waals surface area contributed by atoms with Crippen molar-refractivity contribution in [2.45, 2.75) is 59.5 Å². The molecule has 0 saturated carbocycles. The summed E-state index contributed by atoms with van der Waals surface area (Å²) in [6.07, 6.45) is 1.00. The predicted molar refractivity (Wildman–Crippen MR) is 166 cm³/mol. The fourth-order valence-corrected chi connectivity index (χ4v) is 4.99. The number of amides is 2. The molecule has 220 valence electrons. The lowest BCUT2D eigenvalue weighted by Crippen LogP contribution is -2.51. The molecule has 0 radical (unpaired) electrons. The van der Waals surface area contributed by atoms with Gasteiger partial charge in [-0.15, -0.1) is 0 Å². The Balaban J connectivity index is 1.94. The van der Waals surface area contributed by atoms with Crippen molar-refractivity contribution in [3.63, 3.8) is 0 Å². The van der Waals surface area contributed by atoms with E-state index in [4.69, 9.17) is 32.7 Å². The maximum atomic E-state index is 14.0. The van der Waals surface area contributed by atoms with Gasteiger partial charge in [-0.2, -0.15) is 0 Å². The average Bonchev–Trinajstić information content (AvgIpc) is 2.95. The molecule has 0 fully saturated rings. The van der Waals surface area contributed by atoms with Gasteiger partial charge in [-0.25, -0.2) is 0 Å². The van der Waals surface area contributed by atoms with Crippen LogP contribution in [0.4, 0.5) is 0 Å². The minimum atomic E-state index is -0.754. The lowest BCUT2D eigenvalue weighted by Gasteiger charge is -2.32. The smallest absolute Gasteiger partial charge is 0.243 e. The van der Waals surface area contributed by atoms with Crippen LogP contribution in [0.5, 0.6) is 11.5 Å². The number of rotatable bonds is 15. The number of nitrogens with one attached hydrogen (secondary N) is 1. The quantitative estimate of drug-likeness (QED) is 0.202. The number of carbonyl (C=O) groups is 2. The van der Waals surface area contributed by atoms with Crippen LogP contribution in [-0.4, -0.2) is 42.5 Å². The van der Waals surface area contributed by atoms with E-state index in [0.717, 1.165) is 11.1 Å². The first-order valence-electron chi connectivity index (χ1n) is 14.2. The molecule has 1 atom stereocenters. The summed E-state index contributed by atoms with van der Waals surface area (Å²) in [6, 6.07) is 19.9. The topological polar surface area (TPSA) is 67.9 Å². The van der Waals surface area contributed by atoms with E-state index in [1.807, 2.05) is 76.2 Å². The third-order valence-electron chi connectivity index (χ3n) is 6.58. The van der Waals surface area contributed by atoms with Gasteiger partial charge in [0.25, 0.3) is 0 Å². The number of ether oxygens (including phenoxy) is 2. The van der Waals surface area contributed by atoms with Gasteiger partial charge >= 0.3 is 0 Å². The van der Waals surface area contributed by atoms with Crippen molar-refractivity contribution in [3.05, 3.63) is 93.5 Å². The molecule has 0 aromatic heterocycles. The largest absolute Gasteiger partial charge is 0.490 e. The molecule has 41 heavy (non-hydrogen) atoms. The number of aryl methyl sites for hydroxylation is 1. The van der Waals surface area contributed by atoms with Crippen molar-refractivity contribution >= 4 is 35.0 Å². The molecule has 2 amide bonds. The van der Waals surface area contributed by atoms with Gasteiger partial charge < -0.3 is 19.7 Å². The van der Waals surface area contributed by atoms with Crippen LogP contribution in [0.2, 0.25) is 10.0 Å². The monoisotopic (exact) mass is 598 g/mol. The maximum absolute atomic E-state index is 14.0. The minimum Gasteiger partial charge on any atom is -0.490 e. The normalized spacial score (nSPS) is 11.7. The fraction of sp³-hybridized carbons (Fsp3) is 0.394. The number of nitrogens with zero attached hydrogens (tertiary/aromatic N) is 1. The molecule has 1 unspecified atom stereocenters. The third kappa shape index (κ3) is 9.68. The molecular formula is C33H40Cl2N2O4. The number of hydrogen-bond acceptors (Lipinski definition) is 4. The van der Waals surface area contributed by atoms with Crippen LogP contribution in [-0.2, 0) is 29.0 Å². The van der Waals surface area contributed by atoms with E-state index in [9.17, 15) is 9.59 Å². The van der Waals surface area contributed by atoms with Gasteiger partial charge in [0, 0.05) is 41.5 Å². The Labute approximate surface area is 253 Å². The molecule has 0 aliphatic heterocycles. The highest BCUT2D eigenvalue weighted by molar-refractivity contribution is 6.36. The summed E-state index contributed by atoms with van der Waals surface area (Å²) >= 11 is 13.1. The van der Waals surface area contributed by atoms with Crippen LogP contribution in [0.25, 0.3) is 0 Å². The summed E-state index contributed by atoms with van der Waals surface area (Å²) in [4.78, 5) is 29.3. The molecule has 6 nitrogen and oxygen atoms in total. The Bertz CT molecular complexity index is 1260. The Morgan fingerprint density at radius 2 is 1.51 bits per heavy atom. The lowest BCUT2D eigenvalue weighted by molar-refractivity contribution is -0.141. The molecule has 3 aromatic carbocycles. The standard InChI is InChI=1S/C33H40Cl2N2O4/c1-5-40-30-17-15-25(20-31(30)41-6-2)16-18-32(38)37(22-26-27(34)13-10-14-28(26)35)29(33(39)36-21-23(3)4)19-24-11-8-7-9-12-24/h7-15,17,20,23,29H,5-6,16,18-19,21-22H2,1-4H3,(H,36,39). The summed E-state index contributed by atoms with van der Waals surface area (Å²) in [5.41, 5.74) is 2.50. The molecule has 1 N–H and O–H groups in total. The SMILES string of the molecule is CCOc1ccc(CCC(=O)N(Cc2c(Cl)cccc2Cl)C(Cc2ccccc2)C(=O)NCC(C)C)cc1OCC. The van der Waals surface area contributed by atoms with E-state index in [1.54, 1.807) is 23.1 Å². The molecule has 0 bridgehead atoms. The van der Waals surface area contributed by atoms with Crippen molar-refractivity contribution in [2.24, 2.45) is 5.92 Å². The number of hydrogen-bond donors (Lipinski definition) is 1. The van der Waals surface area contributed by atoms with Gasteiger partial charge in [-0.05, 0) is 61.6 Å². The van der Waals surface area contributed by atoms with E-state index in [0.29, 0.717) is 59.7 Å². The van der Waals surface area contributed by atoms with E-state index < -0.39 is 6.04 Å². The van der Waals surface area contributed by atoms with Gasteiger partial charge in [-0.3, -0.25) is 9.59 Å². The van der Waals surface area contributed by atoms with E-state index in [1.165, 1.54) is 0 Å². The van der Waals surface area contributed by atoms with Gasteiger partial charge in [0.1, 0.15) is 6.04 Å². The van der Waals surface area contributed by atoms with E-state index in [2.05, 4.69) is 5.32 Å². The second kappa shape index (κ2) is 16.3. The molecule has 0 saturated heterocycles. The number of carbonyl (C=O) groups excluding carboxylic acids is 2. The molecule has 0 spiro atoms. The zero-order valence-electron chi connectivity index (χ0n) is 24.3. The van der Waals surface area contributed by atoms with E-state index in [-0.39, 0.29) is 30.7 Å². The molecule has 0 aliphatic carbocycles. The molecule has 8 heteroatoms. The highest BCUT2D eigenvalue weighted by Crippen LogP contribution is 2.30. The average molecular weight is 600 g/mol. The number of benzene rings is 3. The summed E-state index contributed by atoms with van der Waals surface area (Å²) in [7, 11) is 0. The van der Waals surface area contributed by atoms with Crippen LogP contribution in [0.1, 0.15) is 50.8 Å². The highest BCUT2D eigenvalue weighted by Gasteiger charge is 2.31. The molecule has 0 heterocycles. The van der Waals surface area contributed by atoms with Crippen molar-refractivity contribution < 1.29 is 19.1 Å². The fourth-order valence-electron chi connectivity index (χ4n) is 4.48. The Kier molecular flexibility index (Phi) is 12.8. The van der Waals surface area contributed by atoms with Gasteiger partial charge in [0.2, 0.25) is 11.8 Å². The first-order chi connectivity index (χ1) is 19.7. The number of halogens is 2. The second-order valence-electron chi connectivity index (χ2n) is 10.2. The first kappa shape index (κ1) is 32.3. The molecule has 3 aromatic rings. The van der Waals surface area contributed by atoms with Crippen molar-refractivity contribution in [1.29, 1.82) is 0 Å². The van der Waals surface area contributed by atoms with Gasteiger partial charge in [-0.1, -0.05) is 79.5 Å². The first-order valence-corrected chi connectivity index (χ1v) is 14.9. The Morgan fingerprint density at radius 1 is 0.854 bits per heavy atom. The van der Waals surface area contributed by atoms with Gasteiger partial charge in [0.05, 0.1) is 13.2 Å². The second-order valence-corrected chi connectivity index (χ2v) is 11.0. The van der Waals surface area contributed by atoms with Crippen LogP contribution < -0.4 is 14.8 Å². The lowest BCUT2D eigenvalue weighted by atomic mass is 10.0. The molecular weight excluding hydrogens is 559 g/mol. The van der Waals surface area contributed by atoms with Crippen LogP contribution in [0.3, 0.4) is 0 Å². The minimum absolute atomic E-state index is 0.109. The van der Waals surface area contributed by atoms with Crippen LogP contribution in [0, 0.1) is 5.92 Å². The van der Waals surface area contributed by atoms with E-state index >= 15 is 0 Å². The summed E-state index contributed by atoms with van der Waals surface area (Å²) < 4.78 is 11.5. The van der Waals surface area contributed by atoms with Crippen molar-refractivity contribution in [2.75, 3.05) is 19.8 Å². The zero-order valence-corrected chi connectivity index (χ0v) is 25.8. The summed E-state index contributed by atoms with van der Waals surface area (Å²) in [5.74, 6) is 1.20. The Hall–Kier alpha value is -3.22. The highest BCUT2D eigenvalue weighted by atomic mass is 35.5.